The molecular formula is C12H11BrN2S. The van der Waals surface area contributed by atoms with Gasteiger partial charge in [-0.15, -0.1) is 0 Å². The highest BCUT2D eigenvalue weighted by Crippen LogP contribution is 2.32. The van der Waals surface area contributed by atoms with Crippen molar-refractivity contribution < 1.29 is 0 Å². The van der Waals surface area contributed by atoms with Crippen LogP contribution in [0.4, 0.5) is 5.82 Å². The van der Waals surface area contributed by atoms with Crippen LogP contribution < -0.4 is 5.32 Å². The molecular weight excluding hydrogens is 284 g/mol. The first-order chi connectivity index (χ1) is 7.79. The molecule has 0 fully saturated rings. The van der Waals surface area contributed by atoms with Crippen LogP contribution in [0, 0.1) is 0 Å². The highest BCUT2D eigenvalue weighted by molar-refractivity contribution is 9.10. The van der Waals surface area contributed by atoms with Crippen LogP contribution in [0.3, 0.4) is 0 Å². The normalized spacial score (nSPS) is 10.1. The second-order valence-corrected chi connectivity index (χ2v) is 5.06. The van der Waals surface area contributed by atoms with Crippen LogP contribution in [0.2, 0.25) is 0 Å². The van der Waals surface area contributed by atoms with Gasteiger partial charge in [-0.2, -0.15) is 0 Å². The average Bonchev–Trinajstić information content (AvgIpc) is 2.32. The quantitative estimate of drug-likeness (QED) is 0.925. The molecule has 82 valence electrons. The topological polar surface area (TPSA) is 24.9 Å². The Hall–Kier alpha value is -1.000. The molecule has 0 aliphatic carbocycles. The summed E-state index contributed by atoms with van der Waals surface area (Å²) in [5.41, 5.74) is 0. The number of nitrogens with one attached hydrogen (secondary N) is 1. The van der Waals surface area contributed by atoms with E-state index < -0.39 is 0 Å². The van der Waals surface area contributed by atoms with Gasteiger partial charge in [0.05, 0.1) is 0 Å². The van der Waals surface area contributed by atoms with Gasteiger partial charge in [0, 0.05) is 16.4 Å². The largest absolute Gasteiger partial charge is 0.373 e. The molecule has 0 amide bonds. The number of halogens is 1. The van der Waals surface area contributed by atoms with Crippen molar-refractivity contribution in [2.75, 3.05) is 12.4 Å². The van der Waals surface area contributed by atoms with Crippen molar-refractivity contribution in [1.29, 1.82) is 0 Å². The molecule has 2 rings (SSSR count). The summed E-state index contributed by atoms with van der Waals surface area (Å²) in [7, 11) is 1.87. The second-order valence-electron chi connectivity index (χ2n) is 3.14. The third-order valence-electron chi connectivity index (χ3n) is 2.03. The van der Waals surface area contributed by atoms with E-state index >= 15 is 0 Å². The third-order valence-corrected chi connectivity index (χ3v) is 4.00. The molecule has 0 radical (unpaired) electrons. The summed E-state index contributed by atoms with van der Waals surface area (Å²) in [5, 5.41) is 4.02. The summed E-state index contributed by atoms with van der Waals surface area (Å²) in [6.07, 6.45) is 0. The summed E-state index contributed by atoms with van der Waals surface area (Å²) >= 11 is 5.17. The molecule has 0 saturated carbocycles. The Morgan fingerprint density at radius 3 is 2.69 bits per heavy atom. The monoisotopic (exact) mass is 294 g/mol. The number of benzene rings is 1. The van der Waals surface area contributed by atoms with Gasteiger partial charge in [-0.1, -0.05) is 30.0 Å². The van der Waals surface area contributed by atoms with Gasteiger partial charge in [0.15, 0.2) is 0 Å². The molecule has 1 heterocycles. The minimum absolute atomic E-state index is 0.886. The van der Waals surface area contributed by atoms with E-state index in [1.165, 1.54) is 4.90 Å². The number of hydrogen-bond acceptors (Lipinski definition) is 3. The molecule has 0 aliphatic rings. The fraction of sp³-hybridized carbons (Fsp3) is 0.0833. The molecule has 0 saturated heterocycles. The van der Waals surface area contributed by atoms with Crippen LogP contribution >= 0.6 is 27.7 Å². The molecule has 1 aromatic heterocycles. The predicted molar refractivity (Wildman–Crippen MR) is 72.0 cm³/mol. The maximum atomic E-state index is 4.46. The molecule has 16 heavy (non-hydrogen) atoms. The molecule has 1 N–H and O–H groups in total. The number of pyridine rings is 1. The summed E-state index contributed by atoms with van der Waals surface area (Å²) in [6.45, 7) is 0. The van der Waals surface area contributed by atoms with Crippen LogP contribution in [0.5, 0.6) is 0 Å². The maximum absolute atomic E-state index is 4.46. The summed E-state index contributed by atoms with van der Waals surface area (Å²) in [4.78, 5) is 5.63. The fourth-order valence-corrected chi connectivity index (χ4v) is 2.61. The van der Waals surface area contributed by atoms with Crippen molar-refractivity contribution >= 4 is 33.5 Å². The SMILES string of the molecule is CNc1cccc(Sc2ccccc2Br)n1. The van der Waals surface area contributed by atoms with E-state index in [9.17, 15) is 0 Å². The predicted octanol–water partition coefficient (Wildman–Crippen LogP) is 4.04. The zero-order valence-corrected chi connectivity index (χ0v) is 11.2. The van der Waals surface area contributed by atoms with Crippen molar-refractivity contribution in [3.63, 3.8) is 0 Å². The van der Waals surface area contributed by atoms with Gasteiger partial charge in [-0.3, -0.25) is 0 Å². The molecule has 4 heteroatoms. The lowest BCUT2D eigenvalue weighted by molar-refractivity contribution is 1.12. The molecule has 0 atom stereocenters. The van der Waals surface area contributed by atoms with Crippen molar-refractivity contribution in [2.24, 2.45) is 0 Å². The third kappa shape index (κ3) is 2.77. The van der Waals surface area contributed by atoms with E-state index in [1.54, 1.807) is 11.8 Å². The van der Waals surface area contributed by atoms with Crippen LogP contribution in [0.1, 0.15) is 0 Å². The van der Waals surface area contributed by atoms with Crippen molar-refractivity contribution in [3.05, 3.63) is 46.9 Å². The molecule has 2 aromatic rings. The first-order valence-corrected chi connectivity index (χ1v) is 6.48. The number of hydrogen-bond donors (Lipinski definition) is 1. The van der Waals surface area contributed by atoms with Gasteiger partial charge in [0.25, 0.3) is 0 Å². The summed E-state index contributed by atoms with van der Waals surface area (Å²) in [5.74, 6) is 0.886. The minimum Gasteiger partial charge on any atom is -0.373 e. The van der Waals surface area contributed by atoms with Gasteiger partial charge >= 0.3 is 0 Å². The van der Waals surface area contributed by atoms with Gasteiger partial charge < -0.3 is 5.32 Å². The zero-order chi connectivity index (χ0) is 11.4. The summed E-state index contributed by atoms with van der Waals surface area (Å²) < 4.78 is 1.09. The highest BCUT2D eigenvalue weighted by Gasteiger charge is 2.02. The number of rotatable bonds is 3. The second kappa shape index (κ2) is 5.37. The van der Waals surface area contributed by atoms with Crippen LogP contribution in [0.15, 0.2) is 56.9 Å². The van der Waals surface area contributed by atoms with Gasteiger partial charge in [-0.05, 0) is 40.2 Å². The van der Waals surface area contributed by atoms with Gasteiger partial charge in [0.2, 0.25) is 0 Å². The Balaban J connectivity index is 2.24. The standard InChI is InChI=1S/C12H11BrN2S/c1-14-11-7-4-8-12(15-11)16-10-6-3-2-5-9(10)13/h2-8H,1H3,(H,14,15). The first kappa shape index (κ1) is 11.5. The molecule has 2 nitrogen and oxygen atoms in total. The fourth-order valence-electron chi connectivity index (χ4n) is 1.25. The van der Waals surface area contributed by atoms with E-state index in [0.29, 0.717) is 0 Å². The molecule has 0 spiro atoms. The van der Waals surface area contributed by atoms with Crippen LogP contribution in [-0.4, -0.2) is 12.0 Å². The van der Waals surface area contributed by atoms with Crippen molar-refractivity contribution in [1.82, 2.24) is 4.98 Å². The van der Waals surface area contributed by atoms with E-state index in [0.717, 1.165) is 15.3 Å². The van der Waals surface area contributed by atoms with Crippen LogP contribution in [0.25, 0.3) is 0 Å². The highest BCUT2D eigenvalue weighted by atomic mass is 79.9. The lowest BCUT2D eigenvalue weighted by Gasteiger charge is -2.05. The molecule has 0 unspecified atom stereocenters. The zero-order valence-electron chi connectivity index (χ0n) is 8.77. The van der Waals surface area contributed by atoms with Crippen molar-refractivity contribution in [3.8, 4) is 0 Å². The average molecular weight is 295 g/mol. The first-order valence-electron chi connectivity index (χ1n) is 4.87. The molecule has 0 bridgehead atoms. The summed E-state index contributed by atoms with van der Waals surface area (Å²) in [6, 6.07) is 14.1. The molecule has 1 aromatic carbocycles. The van der Waals surface area contributed by atoms with Crippen LogP contribution in [-0.2, 0) is 0 Å². The number of aromatic nitrogens is 1. The van der Waals surface area contributed by atoms with Gasteiger partial charge in [0.1, 0.15) is 10.8 Å². The smallest absolute Gasteiger partial charge is 0.127 e. The van der Waals surface area contributed by atoms with Crippen molar-refractivity contribution in [2.45, 2.75) is 9.92 Å². The Kier molecular flexibility index (Phi) is 3.85. The Morgan fingerprint density at radius 1 is 1.12 bits per heavy atom. The van der Waals surface area contributed by atoms with Gasteiger partial charge in [-0.25, -0.2) is 4.98 Å². The minimum atomic E-state index is 0.886. The Morgan fingerprint density at radius 2 is 1.94 bits per heavy atom. The Labute approximate surface area is 108 Å². The van der Waals surface area contributed by atoms with E-state index in [2.05, 4.69) is 32.3 Å². The molecule has 0 aliphatic heterocycles. The maximum Gasteiger partial charge on any atom is 0.127 e. The number of anilines is 1. The van der Waals surface area contributed by atoms with E-state index in [4.69, 9.17) is 0 Å². The lowest BCUT2D eigenvalue weighted by Crippen LogP contribution is -1.92. The van der Waals surface area contributed by atoms with E-state index in [-0.39, 0.29) is 0 Å². The van der Waals surface area contributed by atoms with E-state index in [1.807, 2.05) is 43.4 Å². The Bertz CT molecular complexity index is 488. The number of nitrogens with zero attached hydrogens (tertiary/aromatic N) is 1. The lowest BCUT2D eigenvalue weighted by atomic mass is 10.4.